The van der Waals surface area contributed by atoms with E-state index in [2.05, 4.69) is 11.9 Å². The van der Waals surface area contributed by atoms with Gasteiger partial charge < -0.3 is 38.1 Å². The maximum absolute atomic E-state index is 13.2. The molecule has 0 aliphatic carbocycles. The Morgan fingerprint density at radius 1 is 0.750 bits per heavy atom. The van der Waals surface area contributed by atoms with Gasteiger partial charge >= 0.3 is 5.97 Å². The number of benzene rings is 4. The highest BCUT2D eigenvalue weighted by molar-refractivity contribution is 5.97. The van der Waals surface area contributed by atoms with E-state index in [1.165, 1.54) is 7.11 Å². The van der Waals surface area contributed by atoms with Gasteiger partial charge in [0.05, 0.1) is 40.1 Å². The second-order valence-electron chi connectivity index (χ2n) is 13.3. The highest BCUT2D eigenvalue weighted by Crippen LogP contribution is 2.51. The van der Waals surface area contributed by atoms with Crippen molar-refractivity contribution in [3.8, 4) is 46.0 Å². The number of likely N-dealkylation sites (N-methyl/N-ethyl adjacent to an activating group) is 2. The molecule has 4 aromatic rings. The quantitative estimate of drug-likeness (QED) is 0.140. The highest BCUT2D eigenvalue weighted by Gasteiger charge is 2.34. The third-order valence-electron chi connectivity index (χ3n) is 9.55. The summed E-state index contributed by atoms with van der Waals surface area (Å²) in [7, 11) is 10.1. The number of rotatable bonds is 12. The predicted octanol–water partition coefficient (Wildman–Crippen LogP) is 7.27. The molecule has 0 saturated heterocycles. The summed E-state index contributed by atoms with van der Waals surface area (Å²) in [6.45, 7) is 5.33. The van der Waals surface area contributed by atoms with Gasteiger partial charge in [-0.2, -0.15) is 0 Å². The molecule has 0 unspecified atom stereocenters. The molecule has 4 aromatic carbocycles. The zero-order valence-electron chi connectivity index (χ0n) is 31.0. The van der Waals surface area contributed by atoms with Gasteiger partial charge in [0.2, 0.25) is 5.75 Å². The van der Waals surface area contributed by atoms with Crippen molar-refractivity contribution >= 4 is 11.9 Å². The van der Waals surface area contributed by atoms with Gasteiger partial charge in [-0.3, -0.25) is 9.69 Å². The molecule has 6 rings (SSSR count). The third-order valence-corrected chi connectivity index (χ3v) is 9.55. The molecule has 2 aliphatic rings. The average Bonchev–Trinajstić information content (AvgIpc) is 3.14. The van der Waals surface area contributed by atoms with Gasteiger partial charge in [-0.05, 0) is 105 Å². The van der Waals surface area contributed by atoms with Crippen molar-refractivity contribution in [2.45, 2.75) is 45.3 Å². The molecule has 0 bridgehead atoms. The lowest BCUT2D eigenvalue weighted by Crippen LogP contribution is -2.34. The van der Waals surface area contributed by atoms with E-state index < -0.39 is 5.97 Å². The van der Waals surface area contributed by atoms with Crippen molar-refractivity contribution in [3.63, 3.8) is 0 Å². The number of methoxy groups -OCH3 is 4. The largest absolute Gasteiger partial charge is 0.493 e. The first-order valence-electron chi connectivity index (χ1n) is 17.3. The zero-order valence-corrected chi connectivity index (χ0v) is 31.0. The molecule has 52 heavy (non-hydrogen) atoms. The van der Waals surface area contributed by atoms with E-state index in [4.69, 9.17) is 33.2 Å². The minimum absolute atomic E-state index is 0.0572. The molecule has 0 saturated carbocycles. The molecule has 0 radical (unpaired) electrons. The minimum atomic E-state index is -0.461. The molecular weight excluding hydrogens is 664 g/mol. The summed E-state index contributed by atoms with van der Waals surface area (Å²) in [4.78, 5) is 29.4. The molecule has 0 fully saturated rings. The Hall–Kier alpha value is -5.42. The maximum Gasteiger partial charge on any atom is 0.337 e. The molecule has 11 heteroatoms. The van der Waals surface area contributed by atoms with Crippen LogP contribution in [0.4, 0.5) is 0 Å². The summed E-state index contributed by atoms with van der Waals surface area (Å²) in [5.41, 5.74) is 5.02. The average molecular weight is 711 g/mol. The number of nitrogens with zero attached hydrogens (tertiary/aromatic N) is 2. The Labute approximate surface area is 304 Å². The fraction of sp³-hybridized carbons (Fsp3) is 0.366. The van der Waals surface area contributed by atoms with Crippen LogP contribution in [0.25, 0.3) is 0 Å². The number of fused-ring (bicyclic) bond motifs is 2. The first-order valence-corrected chi connectivity index (χ1v) is 17.3. The first-order chi connectivity index (χ1) is 25.0. The van der Waals surface area contributed by atoms with Crippen molar-refractivity contribution in [2.75, 3.05) is 55.6 Å². The topological polar surface area (TPSA) is 105 Å². The Morgan fingerprint density at radius 2 is 1.44 bits per heavy atom. The molecule has 2 aliphatic heterocycles. The number of esters is 1. The predicted molar refractivity (Wildman–Crippen MR) is 196 cm³/mol. The van der Waals surface area contributed by atoms with E-state index in [1.807, 2.05) is 50.2 Å². The van der Waals surface area contributed by atoms with Gasteiger partial charge in [0.25, 0.3) is 5.91 Å². The lowest BCUT2D eigenvalue weighted by atomic mass is 9.87. The molecule has 1 amide bonds. The number of ether oxygens (including phenoxy) is 7. The lowest BCUT2D eigenvalue weighted by molar-refractivity contribution is 0.0600. The maximum atomic E-state index is 13.2. The van der Waals surface area contributed by atoms with Crippen LogP contribution in [0.5, 0.6) is 46.0 Å². The Bertz CT molecular complexity index is 1960. The van der Waals surface area contributed by atoms with E-state index in [0.29, 0.717) is 70.1 Å². The number of amides is 1. The number of hydrogen-bond donors (Lipinski definition) is 0. The molecule has 2 heterocycles. The van der Waals surface area contributed by atoms with Crippen LogP contribution in [0, 0.1) is 0 Å². The molecule has 0 spiro atoms. The van der Waals surface area contributed by atoms with Crippen LogP contribution >= 0.6 is 0 Å². The number of carbonyl (C=O) groups is 2. The monoisotopic (exact) mass is 710 g/mol. The Kier molecular flexibility index (Phi) is 10.8. The van der Waals surface area contributed by atoms with Crippen LogP contribution in [-0.4, -0.2) is 83.4 Å². The van der Waals surface area contributed by atoms with Crippen molar-refractivity contribution in [1.82, 2.24) is 9.80 Å². The fourth-order valence-electron chi connectivity index (χ4n) is 6.81. The molecular formula is C41H46N2O9. The Morgan fingerprint density at radius 3 is 2.12 bits per heavy atom. The lowest BCUT2D eigenvalue weighted by Gasteiger charge is -2.37. The van der Waals surface area contributed by atoms with Crippen LogP contribution in [-0.2, 0) is 24.0 Å². The van der Waals surface area contributed by atoms with Crippen molar-refractivity contribution < 1.29 is 42.7 Å². The molecule has 11 nitrogen and oxygen atoms in total. The molecule has 0 aromatic heterocycles. The van der Waals surface area contributed by atoms with Crippen molar-refractivity contribution in [3.05, 3.63) is 94.0 Å². The number of hydrogen-bond acceptors (Lipinski definition) is 10. The van der Waals surface area contributed by atoms with Crippen LogP contribution in [0.3, 0.4) is 0 Å². The summed E-state index contributed by atoms with van der Waals surface area (Å²) in [5, 5.41) is 0. The van der Waals surface area contributed by atoms with Crippen molar-refractivity contribution in [2.24, 2.45) is 0 Å². The summed E-state index contributed by atoms with van der Waals surface area (Å²) < 4.78 is 41.5. The summed E-state index contributed by atoms with van der Waals surface area (Å²) >= 11 is 0. The van der Waals surface area contributed by atoms with E-state index in [-0.39, 0.29) is 18.1 Å². The highest BCUT2D eigenvalue weighted by atomic mass is 16.5. The Balaban J connectivity index is 1.35. The summed E-state index contributed by atoms with van der Waals surface area (Å²) in [6.07, 6.45) is 2.08. The van der Waals surface area contributed by atoms with Crippen molar-refractivity contribution in [1.29, 1.82) is 0 Å². The molecule has 1 atom stereocenters. The van der Waals surface area contributed by atoms with Crippen LogP contribution < -0.4 is 28.4 Å². The fourth-order valence-corrected chi connectivity index (χ4v) is 6.81. The van der Waals surface area contributed by atoms with E-state index in [1.54, 1.807) is 57.5 Å². The normalized spacial score (nSPS) is 15.4. The smallest absolute Gasteiger partial charge is 0.337 e. The second kappa shape index (κ2) is 15.4. The second-order valence-corrected chi connectivity index (χ2v) is 13.3. The van der Waals surface area contributed by atoms with Gasteiger partial charge in [-0.25, -0.2) is 4.79 Å². The van der Waals surface area contributed by atoms with E-state index >= 15 is 0 Å². The van der Waals surface area contributed by atoms with Crippen LogP contribution in [0.2, 0.25) is 0 Å². The van der Waals surface area contributed by atoms with Crippen LogP contribution in [0.15, 0.2) is 60.7 Å². The SMILES string of the molecule is COC(=O)c1ccc(OC(C)C)c(Oc2ccc(C[C@H]3c4c(cc(OC)c(OC)c4Oc4cc5c(cc4OC)CCN(C)C5=O)CCN3C)cc2)c1. The standard InChI is InChI=1S/C41H46N2O9/c1-24(2)50-32-14-11-28(41(45)49-8)22-34(32)51-29-12-9-25(10-13-29)19-31-37-27(16-17-42(31)3)21-36(47-6)38(48-7)39(37)52-35-23-30-26(20-33(35)46-5)15-18-43(4)40(30)44/h9-14,20-24,31H,15-19H2,1-8H3/t31-/m0/s1. The van der Waals surface area contributed by atoms with Gasteiger partial charge in [0.1, 0.15) is 5.75 Å². The zero-order chi connectivity index (χ0) is 37.1. The van der Waals surface area contributed by atoms with E-state index in [0.717, 1.165) is 41.6 Å². The van der Waals surface area contributed by atoms with Gasteiger partial charge in [-0.15, -0.1) is 0 Å². The number of carbonyl (C=O) groups excluding carboxylic acids is 2. The van der Waals surface area contributed by atoms with E-state index in [9.17, 15) is 9.59 Å². The molecule has 0 N–H and O–H groups in total. The van der Waals surface area contributed by atoms with Gasteiger partial charge in [0, 0.05) is 37.3 Å². The molecule has 274 valence electrons. The summed E-state index contributed by atoms with van der Waals surface area (Å²) in [5.74, 6) is 3.51. The summed E-state index contributed by atoms with van der Waals surface area (Å²) in [6, 6.07) is 18.5. The minimum Gasteiger partial charge on any atom is -0.493 e. The van der Waals surface area contributed by atoms with Crippen LogP contribution in [0.1, 0.15) is 62.9 Å². The first kappa shape index (κ1) is 36.4. The van der Waals surface area contributed by atoms with Gasteiger partial charge in [0.15, 0.2) is 34.5 Å². The van der Waals surface area contributed by atoms with Gasteiger partial charge in [-0.1, -0.05) is 12.1 Å². The third kappa shape index (κ3) is 7.32.